The fourth-order valence-electron chi connectivity index (χ4n) is 2.66. The molecule has 0 saturated heterocycles. The number of pyridine rings is 1. The van der Waals surface area contributed by atoms with Gasteiger partial charge < -0.3 is 4.57 Å². The minimum absolute atomic E-state index is 0.0660. The van der Waals surface area contributed by atoms with Crippen LogP contribution in [-0.4, -0.2) is 19.6 Å². The van der Waals surface area contributed by atoms with Crippen LogP contribution in [0.2, 0.25) is 0 Å². The van der Waals surface area contributed by atoms with Gasteiger partial charge >= 0.3 is 0 Å². The van der Waals surface area contributed by atoms with Crippen molar-refractivity contribution < 1.29 is 0 Å². The molecule has 0 radical (unpaired) electrons. The van der Waals surface area contributed by atoms with Gasteiger partial charge in [-0.15, -0.1) is 5.10 Å². The van der Waals surface area contributed by atoms with Crippen molar-refractivity contribution in [2.24, 2.45) is 7.05 Å². The first-order valence-corrected chi connectivity index (χ1v) is 7.71. The van der Waals surface area contributed by atoms with Crippen LogP contribution in [0.5, 0.6) is 0 Å². The van der Waals surface area contributed by atoms with E-state index in [0.29, 0.717) is 5.69 Å². The van der Waals surface area contributed by atoms with E-state index in [1.165, 1.54) is 12.8 Å². The van der Waals surface area contributed by atoms with Gasteiger partial charge in [-0.3, -0.25) is 4.79 Å². The molecule has 0 aliphatic heterocycles. The highest BCUT2D eigenvalue weighted by Gasteiger charge is 2.10. The van der Waals surface area contributed by atoms with Crippen LogP contribution < -0.4 is 5.56 Å². The molecule has 3 aromatic rings. The van der Waals surface area contributed by atoms with Gasteiger partial charge in [0.05, 0.1) is 17.4 Å². The lowest BCUT2D eigenvalue weighted by molar-refractivity contribution is 0.703. The molecule has 0 amide bonds. The number of hydrogen-bond donors (Lipinski definition) is 0. The van der Waals surface area contributed by atoms with E-state index in [1.54, 1.807) is 16.3 Å². The van der Waals surface area contributed by atoms with Crippen molar-refractivity contribution in [1.82, 2.24) is 19.6 Å². The third-order valence-corrected chi connectivity index (χ3v) is 3.94. The Morgan fingerprint density at radius 1 is 1.18 bits per heavy atom. The maximum atomic E-state index is 12.5. The Labute approximate surface area is 129 Å². The summed E-state index contributed by atoms with van der Waals surface area (Å²) in [6, 6.07) is 9.72. The number of benzene rings is 1. The van der Waals surface area contributed by atoms with Gasteiger partial charge in [0.15, 0.2) is 0 Å². The Kier molecular flexibility index (Phi) is 4.04. The number of fused-ring (bicyclic) bond motifs is 1. The predicted octanol–water partition coefficient (Wildman–Crippen LogP) is 2.85. The van der Waals surface area contributed by atoms with E-state index in [4.69, 9.17) is 0 Å². The van der Waals surface area contributed by atoms with Gasteiger partial charge in [0.25, 0.3) is 5.56 Å². The molecule has 0 bridgehead atoms. The van der Waals surface area contributed by atoms with Gasteiger partial charge in [-0.1, -0.05) is 43.2 Å². The average Bonchev–Trinajstić information content (AvgIpc) is 3.00. The summed E-state index contributed by atoms with van der Waals surface area (Å²) in [6.07, 6.45) is 6.23. The highest BCUT2D eigenvalue weighted by molar-refractivity contribution is 5.80. The fourth-order valence-corrected chi connectivity index (χ4v) is 2.66. The number of aromatic nitrogens is 4. The van der Waals surface area contributed by atoms with Crippen LogP contribution in [0.25, 0.3) is 16.6 Å². The fraction of sp³-hybridized carbons (Fsp3) is 0.353. The predicted molar refractivity (Wildman–Crippen MR) is 87.3 cm³/mol. The van der Waals surface area contributed by atoms with Crippen molar-refractivity contribution in [2.45, 2.75) is 32.6 Å². The maximum Gasteiger partial charge on any atom is 0.276 e. The molecular weight excluding hydrogens is 276 g/mol. The summed E-state index contributed by atoms with van der Waals surface area (Å²) in [5.74, 6) is 0. The second-order valence-electron chi connectivity index (χ2n) is 5.56. The van der Waals surface area contributed by atoms with Crippen molar-refractivity contribution in [2.75, 3.05) is 0 Å². The molecule has 0 spiro atoms. The second-order valence-corrected chi connectivity index (χ2v) is 5.56. The van der Waals surface area contributed by atoms with Gasteiger partial charge in [0, 0.05) is 12.4 Å². The summed E-state index contributed by atoms with van der Waals surface area (Å²) in [7, 11) is 1.78. The largest absolute Gasteiger partial charge is 0.309 e. The zero-order valence-corrected chi connectivity index (χ0v) is 13.0. The van der Waals surface area contributed by atoms with E-state index >= 15 is 0 Å². The van der Waals surface area contributed by atoms with Crippen molar-refractivity contribution in [3.05, 3.63) is 52.6 Å². The molecular formula is C17H20N4O. The molecule has 22 heavy (non-hydrogen) atoms. The van der Waals surface area contributed by atoms with E-state index in [2.05, 4.69) is 17.2 Å². The number of hydrogen-bond acceptors (Lipinski definition) is 3. The quantitative estimate of drug-likeness (QED) is 0.680. The molecule has 2 heterocycles. The van der Waals surface area contributed by atoms with E-state index in [0.717, 1.165) is 29.4 Å². The van der Waals surface area contributed by atoms with E-state index in [9.17, 15) is 4.79 Å². The van der Waals surface area contributed by atoms with Crippen molar-refractivity contribution in [3.8, 4) is 5.69 Å². The van der Waals surface area contributed by atoms with Gasteiger partial charge in [-0.2, -0.15) is 0 Å². The third-order valence-electron chi connectivity index (χ3n) is 3.94. The summed E-state index contributed by atoms with van der Waals surface area (Å²) in [5.41, 5.74) is 2.32. The Morgan fingerprint density at radius 2 is 2.00 bits per heavy atom. The first-order valence-electron chi connectivity index (χ1n) is 7.71. The van der Waals surface area contributed by atoms with Crippen LogP contribution in [-0.2, 0) is 13.5 Å². The minimum Gasteiger partial charge on any atom is -0.309 e. The van der Waals surface area contributed by atoms with Gasteiger partial charge in [0.1, 0.15) is 5.69 Å². The zero-order valence-electron chi connectivity index (χ0n) is 13.0. The lowest BCUT2D eigenvalue weighted by atomic mass is 10.2. The molecule has 0 N–H and O–H groups in total. The molecule has 2 aromatic heterocycles. The highest BCUT2D eigenvalue weighted by Crippen LogP contribution is 2.14. The molecule has 0 aliphatic rings. The van der Waals surface area contributed by atoms with Crippen molar-refractivity contribution in [1.29, 1.82) is 0 Å². The van der Waals surface area contributed by atoms with Crippen LogP contribution in [0, 0.1) is 0 Å². The molecule has 0 aliphatic carbocycles. The molecule has 0 fully saturated rings. The number of para-hydroxylation sites is 1. The van der Waals surface area contributed by atoms with E-state index < -0.39 is 0 Å². The van der Waals surface area contributed by atoms with Crippen LogP contribution in [0.1, 0.15) is 31.9 Å². The number of aryl methyl sites for hydroxylation is 2. The Hall–Kier alpha value is -2.43. The molecule has 1 aromatic carbocycles. The number of unbranched alkanes of at least 4 members (excludes halogenated alkanes) is 2. The number of rotatable bonds is 5. The lowest BCUT2D eigenvalue weighted by Gasteiger charge is -2.07. The Bertz CT molecular complexity index is 847. The lowest BCUT2D eigenvalue weighted by Crippen LogP contribution is -2.22. The van der Waals surface area contributed by atoms with Crippen molar-refractivity contribution in [3.63, 3.8) is 0 Å². The van der Waals surface area contributed by atoms with Gasteiger partial charge in [-0.25, -0.2) is 4.68 Å². The van der Waals surface area contributed by atoms with Gasteiger partial charge in [-0.05, 0) is 25.0 Å². The topological polar surface area (TPSA) is 52.7 Å². The molecule has 114 valence electrons. The molecule has 0 atom stereocenters. The first kappa shape index (κ1) is 14.5. The van der Waals surface area contributed by atoms with Crippen LogP contribution in [0.4, 0.5) is 0 Å². The molecule has 0 unspecified atom stereocenters. The van der Waals surface area contributed by atoms with Crippen LogP contribution >= 0.6 is 0 Å². The smallest absolute Gasteiger partial charge is 0.276 e. The Balaban J connectivity index is 2.00. The van der Waals surface area contributed by atoms with Crippen LogP contribution in [0.15, 0.2) is 41.3 Å². The molecule has 3 rings (SSSR count). The van der Waals surface area contributed by atoms with E-state index in [-0.39, 0.29) is 5.56 Å². The zero-order chi connectivity index (χ0) is 15.5. The standard InChI is InChI=1S/C17H20N4O/c1-3-4-5-9-14-12-21(19-18-14)16-11-13-8-6-7-10-15(13)20(2)17(16)22/h6-8,10-12H,3-5,9H2,1-2H3. The van der Waals surface area contributed by atoms with E-state index in [1.807, 2.05) is 36.5 Å². The van der Waals surface area contributed by atoms with Crippen molar-refractivity contribution >= 4 is 10.9 Å². The molecule has 5 nitrogen and oxygen atoms in total. The highest BCUT2D eigenvalue weighted by atomic mass is 16.1. The summed E-state index contributed by atoms with van der Waals surface area (Å²) < 4.78 is 3.25. The molecule has 5 heteroatoms. The Morgan fingerprint density at radius 3 is 2.82 bits per heavy atom. The maximum absolute atomic E-state index is 12.5. The summed E-state index contributed by atoms with van der Waals surface area (Å²) in [6.45, 7) is 2.18. The summed E-state index contributed by atoms with van der Waals surface area (Å²) >= 11 is 0. The average molecular weight is 296 g/mol. The number of nitrogens with zero attached hydrogens (tertiary/aromatic N) is 4. The minimum atomic E-state index is -0.0660. The summed E-state index contributed by atoms with van der Waals surface area (Å²) in [5, 5.41) is 9.32. The normalized spacial score (nSPS) is 11.2. The summed E-state index contributed by atoms with van der Waals surface area (Å²) in [4.78, 5) is 12.5. The van der Waals surface area contributed by atoms with Gasteiger partial charge in [0.2, 0.25) is 0 Å². The molecule has 0 saturated carbocycles. The third kappa shape index (κ3) is 2.66. The second kappa shape index (κ2) is 6.13. The van der Waals surface area contributed by atoms with Crippen LogP contribution in [0.3, 0.4) is 0 Å². The SMILES string of the molecule is CCCCCc1cn(-c2cc3ccccc3n(C)c2=O)nn1. The first-order chi connectivity index (χ1) is 10.7. The monoisotopic (exact) mass is 296 g/mol.